The Labute approximate surface area is 194 Å². The lowest BCUT2D eigenvalue weighted by Crippen LogP contribution is -2.13. The second-order valence-corrected chi connectivity index (χ2v) is 8.87. The zero-order chi connectivity index (χ0) is 22.2. The number of ether oxygens (including phenoxy) is 1. The number of imidazole rings is 1. The maximum atomic E-state index is 12.8. The number of H-pyrrole nitrogens is 1. The fourth-order valence-corrected chi connectivity index (χ4v) is 4.86. The van der Waals surface area contributed by atoms with Crippen molar-refractivity contribution in [2.45, 2.75) is 12.8 Å². The van der Waals surface area contributed by atoms with Crippen LogP contribution in [-0.4, -0.2) is 27.5 Å². The first-order valence-electron chi connectivity index (χ1n) is 10.8. The summed E-state index contributed by atoms with van der Waals surface area (Å²) in [4.78, 5) is 25.0. The molecule has 5 aromatic rings. The largest absolute Gasteiger partial charge is 0.493 e. The van der Waals surface area contributed by atoms with E-state index >= 15 is 0 Å². The average Bonchev–Trinajstić information content (AvgIpc) is 3.58. The van der Waals surface area contributed by atoms with Crippen molar-refractivity contribution in [3.8, 4) is 16.3 Å². The van der Waals surface area contributed by atoms with Crippen molar-refractivity contribution >= 4 is 34.2 Å². The van der Waals surface area contributed by atoms with E-state index in [1.54, 1.807) is 5.38 Å². The molecule has 2 aromatic heterocycles. The van der Waals surface area contributed by atoms with Crippen molar-refractivity contribution < 1.29 is 9.53 Å². The van der Waals surface area contributed by atoms with Gasteiger partial charge in [-0.1, -0.05) is 36.4 Å². The Balaban J connectivity index is 1.18. The Kier molecular flexibility index (Phi) is 4.88. The summed E-state index contributed by atoms with van der Waals surface area (Å²) in [5.41, 5.74) is 6.68. The third kappa shape index (κ3) is 3.99. The molecule has 0 unspecified atom stereocenters. The summed E-state index contributed by atoms with van der Waals surface area (Å²) in [5.74, 6) is 1.06. The Morgan fingerprint density at radius 1 is 1.03 bits per heavy atom. The zero-order valence-corrected chi connectivity index (χ0v) is 18.5. The van der Waals surface area contributed by atoms with Crippen LogP contribution in [0.2, 0.25) is 0 Å². The van der Waals surface area contributed by atoms with Crippen LogP contribution in [0.15, 0.2) is 72.1 Å². The molecule has 33 heavy (non-hydrogen) atoms. The minimum Gasteiger partial charge on any atom is -0.493 e. The zero-order valence-electron chi connectivity index (χ0n) is 17.7. The van der Waals surface area contributed by atoms with Gasteiger partial charge in [-0.3, -0.25) is 10.1 Å². The standard InChI is InChI=1S/C26H20N4O2S/c31-24(22-15-33-25(27-22)19-7-9-23-18(14-19)10-11-32-23)30-26-28-20-8-6-17(13-21(20)29-26)12-16-4-2-1-3-5-16/h1-9,13-15H,10-12H2,(H2,28,29,30,31). The van der Waals surface area contributed by atoms with Gasteiger partial charge in [-0.05, 0) is 53.4 Å². The lowest BCUT2D eigenvalue weighted by molar-refractivity contribution is 0.102. The SMILES string of the molecule is O=C(Nc1nc2ccc(Cc3ccccc3)cc2[nH]1)c1csc(-c2ccc3c(c2)CCO3)n1. The molecule has 0 saturated heterocycles. The molecule has 0 saturated carbocycles. The summed E-state index contributed by atoms with van der Waals surface area (Å²) < 4.78 is 5.57. The summed E-state index contributed by atoms with van der Waals surface area (Å²) >= 11 is 1.45. The topological polar surface area (TPSA) is 79.9 Å². The number of aromatic amines is 1. The minimum atomic E-state index is -0.287. The average molecular weight is 453 g/mol. The molecule has 3 heterocycles. The number of carbonyl (C=O) groups excluding carboxylic acids is 1. The Morgan fingerprint density at radius 2 is 1.94 bits per heavy atom. The van der Waals surface area contributed by atoms with E-state index in [4.69, 9.17) is 4.74 Å². The number of aromatic nitrogens is 3. The number of anilines is 1. The molecule has 6 rings (SSSR count). The first-order valence-corrected chi connectivity index (χ1v) is 11.6. The number of nitrogens with one attached hydrogen (secondary N) is 2. The summed E-state index contributed by atoms with van der Waals surface area (Å²) in [6.45, 7) is 0.718. The summed E-state index contributed by atoms with van der Waals surface area (Å²) in [7, 11) is 0. The van der Waals surface area contributed by atoms with Crippen LogP contribution in [0, 0.1) is 0 Å². The number of hydrogen-bond donors (Lipinski definition) is 2. The smallest absolute Gasteiger partial charge is 0.277 e. The third-order valence-electron chi connectivity index (χ3n) is 5.70. The van der Waals surface area contributed by atoms with E-state index < -0.39 is 0 Å². The Morgan fingerprint density at radius 3 is 2.85 bits per heavy atom. The fraction of sp³-hybridized carbons (Fsp3) is 0.115. The molecular formula is C26H20N4O2S. The van der Waals surface area contributed by atoms with Gasteiger partial charge >= 0.3 is 0 Å². The van der Waals surface area contributed by atoms with Gasteiger partial charge in [0.05, 0.1) is 17.6 Å². The highest BCUT2D eigenvalue weighted by Gasteiger charge is 2.17. The molecule has 0 spiro atoms. The van der Waals surface area contributed by atoms with Crippen molar-refractivity contribution in [2.75, 3.05) is 11.9 Å². The number of rotatable bonds is 5. The van der Waals surface area contributed by atoms with Gasteiger partial charge in [0.25, 0.3) is 5.91 Å². The van der Waals surface area contributed by atoms with Gasteiger partial charge in [0, 0.05) is 17.4 Å². The van der Waals surface area contributed by atoms with Crippen molar-refractivity contribution in [1.29, 1.82) is 0 Å². The highest BCUT2D eigenvalue weighted by atomic mass is 32.1. The molecule has 0 bridgehead atoms. The maximum absolute atomic E-state index is 12.8. The van der Waals surface area contributed by atoms with Crippen LogP contribution in [0.5, 0.6) is 5.75 Å². The van der Waals surface area contributed by atoms with Crippen molar-refractivity contribution in [3.63, 3.8) is 0 Å². The van der Waals surface area contributed by atoms with Crippen molar-refractivity contribution in [2.24, 2.45) is 0 Å². The fourth-order valence-electron chi connectivity index (χ4n) is 4.06. The molecule has 1 amide bonds. The van der Waals surface area contributed by atoms with Crippen LogP contribution in [0.4, 0.5) is 5.95 Å². The maximum Gasteiger partial charge on any atom is 0.277 e. The summed E-state index contributed by atoms with van der Waals surface area (Å²) in [6.07, 6.45) is 1.74. The molecule has 7 heteroatoms. The van der Waals surface area contributed by atoms with Crippen LogP contribution in [0.3, 0.4) is 0 Å². The molecule has 1 aliphatic heterocycles. The van der Waals surface area contributed by atoms with Gasteiger partial charge in [0.2, 0.25) is 5.95 Å². The minimum absolute atomic E-state index is 0.287. The first kappa shape index (κ1) is 19.7. The van der Waals surface area contributed by atoms with E-state index in [1.165, 1.54) is 28.0 Å². The number of fused-ring (bicyclic) bond motifs is 2. The molecule has 0 atom stereocenters. The molecule has 0 radical (unpaired) electrons. The normalized spacial score (nSPS) is 12.5. The summed E-state index contributed by atoms with van der Waals surface area (Å²) in [6, 6.07) is 22.5. The second-order valence-electron chi connectivity index (χ2n) is 8.01. The van der Waals surface area contributed by atoms with Gasteiger partial charge in [-0.25, -0.2) is 9.97 Å². The predicted molar refractivity (Wildman–Crippen MR) is 130 cm³/mol. The molecule has 0 fully saturated rings. The van der Waals surface area contributed by atoms with Gasteiger partial charge in [-0.2, -0.15) is 0 Å². The lowest BCUT2D eigenvalue weighted by atomic mass is 10.0. The van der Waals surface area contributed by atoms with E-state index in [2.05, 4.69) is 50.6 Å². The predicted octanol–water partition coefficient (Wildman–Crippen LogP) is 5.46. The second kappa shape index (κ2) is 8.18. The highest BCUT2D eigenvalue weighted by molar-refractivity contribution is 7.13. The van der Waals surface area contributed by atoms with E-state index in [9.17, 15) is 4.79 Å². The molecular weight excluding hydrogens is 432 g/mol. The number of nitrogens with zero attached hydrogens (tertiary/aromatic N) is 2. The lowest BCUT2D eigenvalue weighted by Gasteiger charge is -2.01. The van der Waals surface area contributed by atoms with Crippen LogP contribution in [0.1, 0.15) is 27.2 Å². The van der Waals surface area contributed by atoms with E-state index in [0.29, 0.717) is 11.6 Å². The number of thiazole rings is 1. The quantitative estimate of drug-likeness (QED) is 0.371. The van der Waals surface area contributed by atoms with Crippen molar-refractivity contribution in [1.82, 2.24) is 15.0 Å². The number of amides is 1. The monoisotopic (exact) mass is 452 g/mol. The van der Waals surface area contributed by atoms with Gasteiger partial charge in [0.15, 0.2) is 0 Å². The molecule has 0 aliphatic carbocycles. The van der Waals surface area contributed by atoms with Gasteiger partial charge in [-0.15, -0.1) is 11.3 Å². The van der Waals surface area contributed by atoms with Crippen molar-refractivity contribution in [3.05, 3.63) is 94.5 Å². The molecule has 3 aromatic carbocycles. The number of hydrogen-bond acceptors (Lipinski definition) is 5. The Bertz CT molecular complexity index is 1470. The number of benzene rings is 3. The van der Waals surface area contributed by atoms with Gasteiger partial charge in [0.1, 0.15) is 16.5 Å². The van der Waals surface area contributed by atoms with Crippen LogP contribution < -0.4 is 10.1 Å². The molecule has 162 valence electrons. The van der Waals surface area contributed by atoms with E-state index in [1.807, 2.05) is 36.4 Å². The van der Waals surface area contributed by atoms with Crippen LogP contribution >= 0.6 is 11.3 Å². The molecule has 1 aliphatic rings. The van der Waals surface area contributed by atoms with Crippen LogP contribution in [-0.2, 0) is 12.8 Å². The van der Waals surface area contributed by atoms with E-state index in [0.717, 1.165) is 46.8 Å². The van der Waals surface area contributed by atoms with Crippen LogP contribution in [0.25, 0.3) is 21.6 Å². The van der Waals surface area contributed by atoms with E-state index in [-0.39, 0.29) is 5.91 Å². The number of carbonyl (C=O) groups is 1. The molecule has 2 N–H and O–H groups in total. The highest BCUT2D eigenvalue weighted by Crippen LogP contribution is 2.32. The Hall–Kier alpha value is -3.97. The van der Waals surface area contributed by atoms with Gasteiger partial charge < -0.3 is 9.72 Å². The molecule has 6 nitrogen and oxygen atoms in total. The summed E-state index contributed by atoms with van der Waals surface area (Å²) in [5, 5.41) is 5.42. The first-order chi connectivity index (χ1) is 16.2. The third-order valence-corrected chi connectivity index (χ3v) is 6.59.